The Bertz CT molecular complexity index is 386. The van der Waals surface area contributed by atoms with Crippen LogP contribution in [-0.4, -0.2) is 12.7 Å². The summed E-state index contributed by atoms with van der Waals surface area (Å²) < 4.78 is 34.1. The molecule has 1 rings (SSSR count). The Hall–Kier alpha value is -1.07. The van der Waals surface area contributed by atoms with Gasteiger partial charge in [-0.1, -0.05) is 11.6 Å². The van der Waals surface area contributed by atoms with E-state index in [1.807, 2.05) is 0 Å². The number of halogens is 3. The smallest absolute Gasteiger partial charge is 0.387 e. The molecule has 0 aliphatic rings. The first kappa shape index (κ1) is 14.0. The van der Waals surface area contributed by atoms with Crippen molar-refractivity contribution >= 4 is 11.6 Å². The van der Waals surface area contributed by atoms with Gasteiger partial charge in [0.05, 0.1) is 11.1 Å². The number of ether oxygens (including phenoxy) is 2. The van der Waals surface area contributed by atoms with Gasteiger partial charge in [0.25, 0.3) is 0 Å². The van der Waals surface area contributed by atoms with Crippen molar-refractivity contribution in [1.82, 2.24) is 0 Å². The zero-order valence-electron chi connectivity index (χ0n) is 9.54. The molecule has 96 valence electrons. The highest BCUT2D eigenvalue weighted by atomic mass is 35.5. The minimum Gasteiger partial charge on any atom is -0.489 e. The van der Waals surface area contributed by atoms with Crippen LogP contribution >= 0.6 is 11.6 Å². The molecule has 0 heterocycles. The van der Waals surface area contributed by atoms with E-state index < -0.39 is 6.61 Å². The van der Waals surface area contributed by atoms with Crippen molar-refractivity contribution in [3.8, 4) is 11.5 Å². The van der Waals surface area contributed by atoms with E-state index in [0.717, 1.165) is 0 Å². The van der Waals surface area contributed by atoms with Gasteiger partial charge in [0.15, 0.2) is 0 Å². The minimum atomic E-state index is -2.91. The van der Waals surface area contributed by atoms with Crippen molar-refractivity contribution in [2.45, 2.75) is 33.1 Å². The second-order valence-electron chi connectivity index (χ2n) is 3.64. The van der Waals surface area contributed by atoms with Crippen LogP contribution in [0.15, 0.2) is 12.1 Å². The molecular formula is C11H14ClF2NO2. The molecule has 2 N–H and O–H groups in total. The zero-order chi connectivity index (χ0) is 13.0. The predicted molar refractivity (Wildman–Crippen MR) is 61.7 cm³/mol. The molecule has 0 atom stereocenters. The highest BCUT2D eigenvalue weighted by molar-refractivity contribution is 6.32. The van der Waals surface area contributed by atoms with E-state index >= 15 is 0 Å². The highest BCUT2D eigenvalue weighted by Crippen LogP contribution is 2.34. The highest BCUT2D eigenvalue weighted by Gasteiger charge is 2.14. The third-order valence-electron chi connectivity index (χ3n) is 1.91. The van der Waals surface area contributed by atoms with Crippen LogP contribution in [-0.2, 0) is 6.54 Å². The van der Waals surface area contributed by atoms with Crippen LogP contribution in [0.4, 0.5) is 8.78 Å². The molecule has 0 unspecified atom stereocenters. The Kier molecular flexibility index (Phi) is 4.96. The molecule has 0 aliphatic heterocycles. The van der Waals surface area contributed by atoms with E-state index in [2.05, 4.69) is 4.74 Å². The summed E-state index contributed by atoms with van der Waals surface area (Å²) in [6, 6.07) is 2.80. The fraction of sp³-hybridized carbons (Fsp3) is 0.455. The molecule has 0 spiro atoms. The number of hydrogen-bond donors (Lipinski definition) is 1. The van der Waals surface area contributed by atoms with E-state index in [1.165, 1.54) is 12.1 Å². The molecule has 3 nitrogen and oxygen atoms in total. The van der Waals surface area contributed by atoms with Crippen LogP contribution in [0.25, 0.3) is 0 Å². The summed E-state index contributed by atoms with van der Waals surface area (Å²) in [7, 11) is 0. The summed E-state index contributed by atoms with van der Waals surface area (Å²) in [5.74, 6) is 0.289. The lowest BCUT2D eigenvalue weighted by Gasteiger charge is -2.15. The summed E-state index contributed by atoms with van der Waals surface area (Å²) in [6.45, 7) is 0.763. The van der Waals surface area contributed by atoms with Gasteiger partial charge in [-0.05, 0) is 19.9 Å². The quantitative estimate of drug-likeness (QED) is 0.889. The van der Waals surface area contributed by atoms with Gasteiger partial charge in [-0.2, -0.15) is 8.78 Å². The maximum Gasteiger partial charge on any atom is 0.387 e. The largest absolute Gasteiger partial charge is 0.489 e. The SMILES string of the molecule is CC(C)Oc1cc(OC(F)F)c(CN)cc1Cl. The fourth-order valence-electron chi connectivity index (χ4n) is 1.29. The van der Waals surface area contributed by atoms with Crippen LogP contribution in [0.1, 0.15) is 19.4 Å². The molecule has 0 saturated heterocycles. The normalized spacial score (nSPS) is 11.1. The maximum atomic E-state index is 12.2. The molecule has 0 aromatic heterocycles. The third-order valence-corrected chi connectivity index (χ3v) is 2.21. The molecule has 17 heavy (non-hydrogen) atoms. The van der Waals surface area contributed by atoms with Crippen molar-refractivity contribution in [3.63, 3.8) is 0 Å². The minimum absolute atomic E-state index is 0.0115. The van der Waals surface area contributed by atoms with Crippen molar-refractivity contribution < 1.29 is 18.3 Å². The first-order valence-electron chi connectivity index (χ1n) is 5.08. The molecule has 0 bridgehead atoms. The molecule has 0 fully saturated rings. The Labute approximate surface area is 103 Å². The molecule has 0 radical (unpaired) electrons. The predicted octanol–water partition coefficient (Wildman–Crippen LogP) is 3.19. The second kappa shape index (κ2) is 6.02. The van der Waals surface area contributed by atoms with Gasteiger partial charge in [0.2, 0.25) is 0 Å². The van der Waals surface area contributed by atoms with Gasteiger partial charge in [-0.3, -0.25) is 0 Å². The summed E-state index contributed by atoms with van der Waals surface area (Å²) >= 11 is 5.94. The van der Waals surface area contributed by atoms with Gasteiger partial charge in [-0.25, -0.2) is 0 Å². The number of alkyl halides is 2. The standard InChI is InChI=1S/C11H14ClF2NO2/c1-6(2)16-10-4-9(17-11(13)14)7(5-15)3-8(10)12/h3-4,6,11H,5,15H2,1-2H3. The maximum absolute atomic E-state index is 12.2. The van der Waals surface area contributed by atoms with Gasteiger partial charge in [0.1, 0.15) is 11.5 Å². The first-order valence-corrected chi connectivity index (χ1v) is 5.45. The lowest BCUT2D eigenvalue weighted by Crippen LogP contribution is -2.10. The van der Waals surface area contributed by atoms with Crippen molar-refractivity contribution in [2.75, 3.05) is 0 Å². The Morgan fingerprint density at radius 3 is 2.35 bits per heavy atom. The van der Waals surface area contributed by atoms with Crippen LogP contribution < -0.4 is 15.2 Å². The van der Waals surface area contributed by atoms with Gasteiger partial charge in [-0.15, -0.1) is 0 Å². The van der Waals surface area contributed by atoms with Crippen LogP contribution in [0.2, 0.25) is 5.02 Å². The first-order chi connectivity index (χ1) is 7.93. The molecule has 1 aromatic carbocycles. The van der Waals surface area contributed by atoms with Crippen molar-refractivity contribution in [2.24, 2.45) is 5.73 Å². The lowest BCUT2D eigenvalue weighted by atomic mass is 10.2. The summed E-state index contributed by atoms with van der Waals surface area (Å²) in [6.07, 6.45) is -0.115. The molecule has 0 amide bonds. The summed E-state index contributed by atoms with van der Waals surface area (Å²) in [5.41, 5.74) is 5.83. The number of nitrogens with two attached hydrogens (primary N) is 1. The average molecular weight is 266 g/mol. The van der Waals surface area contributed by atoms with Crippen molar-refractivity contribution in [3.05, 3.63) is 22.7 Å². The zero-order valence-corrected chi connectivity index (χ0v) is 10.3. The van der Waals surface area contributed by atoms with E-state index in [0.29, 0.717) is 16.3 Å². The molecule has 1 aromatic rings. The fourth-order valence-corrected chi connectivity index (χ4v) is 1.52. The van der Waals surface area contributed by atoms with Gasteiger partial charge in [0, 0.05) is 18.2 Å². The third kappa shape index (κ3) is 4.02. The summed E-state index contributed by atoms with van der Waals surface area (Å²) in [5, 5.41) is 0.320. The average Bonchev–Trinajstić information content (AvgIpc) is 2.21. The van der Waals surface area contributed by atoms with E-state index in [9.17, 15) is 8.78 Å². The number of rotatable bonds is 5. The second-order valence-corrected chi connectivity index (χ2v) is 4.05. The van der Waals surface area contributed by atoms with E-state index in [4.69, 9.17) is 22.1 Å². The molecule has 0 aliphatic carbocycles. The van der Waals surface area contributed by atoms with Crippen molar-refractivity contribution in [1.29, 1.82) is 0 Å². The van der Waals surface area contributed by atoms with E-state index in [-0.39, 0.29) is 18.4 Å². The topological polar surface area (TPSA) is 44.5 Å². The Morgan fingerprint density at radius 1 is 1.24 bits per heavy atom. The van der Waals surface area contributed by atoms with Crippen LogP contribution in [0.5, 0.6) is 11.5 Å². The molecular weight excluding hydrogens is 252 g/mol. The monoisotopic (exact) mass is 265 g/mol. The Morgan fingerprint density at radius 2 is 1.88 bits per heavy atom. The summed E-state index contributed by atoms with van der Waals surface area (Å²) in [4.78, 5) is 0. The number of benzene rings is 1. The number of hydrogen-bond acceptors (Lipinski definition) is 3. The van der Waals surface area contributed by atoms with Gasteiger partial charge >= 0.3 is 6.61 Å². The van der Waals surface area contributed by atoms with E-state index in [1.54, 1.807) is 13.8 Å². The lowest BCUT2D eigenvalue weighted by molar-refractivity contribution is -0.0505. The molecule has 6 heteroatoms. The van der Waals surface area contributed by atoms with Crippen LogP contribution in [0.3, 0.4) is 0 Å². The molecule has 0 saturated carbocycles. The van der Waals surface area contributed by atoms with Crippen LogP contribution in [0, 0.1) is 0 Å². The Balaban J connectivity index is 3.08. The van der Waals surface area contributed by atoms with Gasteiger partial charge < -0.3 is 15.2 Å².